The number of pyridine rings is 1. The SMILES string of the molecule is CC(Oc1ccnc(CNc2c(F)ccc3c2CCN(C(=O)C(F)(F)F)CC3)c1)C(F)(F)C(F)(F)F. The number of hydrogen-bond acceptors (Lipinski definition) is 4. The van der Waals surface area contributed by atoms with Gasteiger partial charge >= 0.3 is 24.2 Å². The summed E-state index contributed by atoms with van der Waals surface area (Å²) in [5.74, 6) is -8.15. The van der Waals surface area contributed by atoms with Crippen LogP contribution in [0.1, 0.15) is 23.7 Å². The molecule has 0 radical (unpaired) electrons. The van der Waals surface area contributed by atoms with E-state index in [-0.39, 0.29) is 49.6 Å². The summed E-state index contributed by atoms with van der Waals surface area (Å²) >= 11 is 0. The van der Waals surface area contributed by atoms with Crippen LogP contribution in [0.5, 0.6) is 5.75 Å². The van der Waals surface area contributed by atoms with Crippen molar-refractivity contribution in [2.75, 3.05) is 18.4 Å². The number of amides is 1. The second kappa shape index (κ2) is 10.1. The van der Waals surface area contributed by atoms with Gasteiger partial charge in [0.25, 0.3) is 0 Å². The highest BCUT2D eigenvalue weighted by Gasteiger charge is 2.62. The summed E-state index contributed by atoms with van der Waals surface area (Å²) in [6.45, 7) is -0.151. The van der Waals surface area contributed by atoms with Gasteiger partial charge < -0.3 is 15.0 Å². The number of fused-ring (bicyclic) bond motifs is 1. The predicted octanol–water partition coefficient (Wildman–Crippen LogP) is 5.29. The number of carbonyl (C=O) groups is 1. The van der Waals surface area contributed by atoms with Gasteiger partial charge in [-0.2, -0.15) is 35.1 Å². The molecule has 14 heteroatoms. The van der Waals surface area contributed by atoms with Gasteiger partial charge in [-0.05, 0) is 43.0 Å². The molecule has 1 amide bonds. The molecule has 0 spiro atoms. The molecular formula is C22H20F9N3O2. The third-order valence-electron chi connectivity index (χ3n) is 5.61. The van der Waals surface area contributed by atoms with Crippen LogP contribution in [0.25, 0.3) is 0 Å². The molecule has 1 aromatic heterocycles. The molecule has 1 N–H and O–H groups in total. The first-order chi connectivity index (χ1) is 16.6. The van der Waals surface area contributed by atoms with Crippen molar-refractivity contribution < 1.29 is 49.0 Å². The number of carbonyl (C=O) groups excluding carboxylic acids is 1. The van der Waals surface area contributed by atoms with Crippen molar-refractivity contribution in [3.05, 3.63) is 53.1 Å². The van der Waals surface area contributed by atoms with Gasteiger partial charge in [0, 0.05) is 25.4 Å². The summed E-state index contributed by atoms with van der Waals surface area (Å²) in [5, 5.41) is 2.75. The van der Waals surface area contributed by atoms with Crippen LogP contribution in [0.3, 0.4) is 0 Å². The summed E-state index contributed by atoms with van der Waals surface area (Å²) < 4.78 is 122. The molecule has 198 valence electrons. The third-order valence-corrected chi connectivity index (χ3v) is 5.61. The fourth-order valence-corrected chi connectivity index (χ4v) is 3.68. The maximum Gasteiger partial charge on any atom is 0.471 e. The minimum Gasteiger partial charge on any atom is -0.484 e. The van der Waals surface area contributed by atoms with Gasteiger partial charge in [-0.25, -0.2) is 4.39 Å². The highest BCUT2D eigenvalue weighted by Crippen LogP contribution is 2.39. The standard InChI is InChI=1S/C22H20F9N3O2/c1-12(20(24,25)22(29,30)31)36-15-4-7-32-14(10-15)11-33-18-16-6-9-34(19(35)21(26,27)28)8-5-13(16)2-3-17(18)23/h2-4,7,10,12,33H,5-6,8-9,11H2,1H3. The molecule has 1 atom stereocenters. The Morgan fingerprint density at radius 3 is 2.39 bits per heavy atom. The lowest BCUT2D eigenvalue weighted by atomic mass is 10.0. The predicted molar refractivity (Wildman–Crippen MR) is 109 cm³/mol. The maximum absolute atomic E-state index is 14.6. The van der Waals surface area contributed by atoms with Gasteiger partial charge in [0.1, 0.15) is 11.6 Å². The highest BCUT2D eigenvalue weighted by molar-refractivity contribution is 5.82. The van der Waals surface area contributed by atoms with Crippen LogP contribution >= 0.6 is 0 Å². The second-order valence-electron chi connectivity index (χ2n) is 8.07. The summed E-state index contributed by atoms with van der Waals surface area (Å²) in [7, 11) is 0. The first-order valence-electron chi connectivity index (χ1n) is 10.6. The number of rotatable bonds is 6. The van der Waals surface area contributed by atoms with E-state index in [0.29, 0.717) is 23.0 Å². The van der Waals surface area contributed by atoms with Crippen LogP contribution in [0, 0.1) is 5.82 Å². The van der Waals surface area contributed by atoms with E-state index >= 15 is 0 Å². The minimum atomic E-state index is -5.81. The number of benzene rings is 1. The topological polar surface area (TPSA) is 54.5 Å². The number of nitrogens with zero attached hydrogens (tertiary/aromatic N) is 2. The monoisotopic (exact) mass is 529 g/mol. The largest absolute Gasteiger partial charge is 0.484 e. The lowest BCUT2D eigenvalue weighted by Crippen LogP contribution is -2.48. The number of alkyl halides is 8. The van der Waals surface area contributed by atoms with E-state index in [1.54, 1.807) is 0 Å². The average Bonchev–Trinajstić information content (AvgIpc) is 2.99. The lowest BCUT2D eigenvalue weighted by molar-refractivity contribution is -0.306. The number of aromatic nitrogens is 1. The van der Waals surface area contributed by atoms with Crippen LogP contribution in [0.4, 0.5) is 45.2 Å². The fraction of sp³-hybridized carbons (Fsp3) is 0.455. The Labute approximate surface area is 199 Å². The molecular weight excluding hydrogens is 509 g/mol. The molecule has 5 nitrogen and oxygen atoms in total. The Morgan fingerprint density at radius 1 is 1.08 bits per heavy atom. The minimum absolute atomic E-state index is 0.0427. The highest BCUT2D eigenvalue weighted by atomic mass is 19.4. The number of ether oxygens (including phenoxy) is 1. The van der Waals surface area contributed by atoms with Crippen LogP contribution in [0.2, 0.25) is 0 Å². The molecule has 3 rings (SSSR count). The molecule has 0 bridgehead atoms. The second-order valence-corrected chi connectivity index (χ2v) is 8.07. The Bertz CT molecular complexity index is 1100. The van der Waals surface area contributed by atoms with Crippen LogP contribution in [-0.2, 0) is 24.2 Å². The molecule has 36 heavy (non-hydrogen) atoms. The lowest BCUT2D eigenvalue weighted by Gasteiger charge is -2.26. The van der Waals surface area contributed by atoms with E-state index in [9.17, 15) is 44.3 Å². The van der Waals surface area contributed by atoms with Crippen molar-refractivity contribution >= 4 is 11.6 Å². The molecule has 0 aliphatic carbocycles. The first-order valence-corrected chi connectivity index (χ1v) is 10.6. The molecule has 1 aromatic carbocycles. The van der Waals surface area contributed by atoms with E-state index in [4.69, 9.17) is 4.74 Å². The summed E-state index contributed by atoms with van der Waals surface area (Å²) in [5.41, 5.74) is 0.955. The maximum atomic E-state index is 14.6. The average molecular weight is 529 g/mol. The number of hydrogen-bond donors (Lipinski definition) is 1. The summed E-state index contributed by atoms with van der Waals surface area (Å²) in [6, 6.07) is 4.69. The van der Waals surface area contributed by atoms with Crippen molar-refractivity contribution in [2.45, 2.75) is 50.7 Å². The van der Waals surface area contributed by atoms with Gasteiger partial charge in [0.2, 0.25) is 0 Å². The van der Waals surface area contributed by atoms with Crippen molar-refractivity contribution in [3.63, 3.8) is 0 Å². The van der Waals surface area contributed by atoms with E-state index in [2.05, 4.69) is 10.3 Å². The third kappa shape index (κ3) is 5.95. The molecule has 2 aromatic rings. The quantitative estimate of drug-likeness (QED) is 0.517. The Hall–Kier alpha value is -3.19. The zero-order valence-electron chi connectivity index (χ0n) is 18.6. The molecule has 0 saturated carbocycles. The molecule has 1 aliphatic rings. The zero-order chi connectivity index (χ0) is 26.9. The van der Waals surface area contributed by atoms with Crippen molar-refractivity contribution in [2.24, 2.45) is 0 Å². The molecule has 0 saturated heterocycles. The van der Waals surface area contributed by atoms with Crippen molar-refractivity contribution in [1.82, 2.24) is 9.88 Å². The van der Waals surface area contributed by atoms with E-state index < -0.39 is 36.1 Å². The molecule has 1 aliphatic heterocycles. The summed E-state index contributed by atoms with van der Waals surface area (Å²) in [4.78, 5) is 16.2. The van der Waals surface area contributed by atoms with Gasteiger partial charge in [-0.3, -0.25) is 9.78 Å². The van der Waals surface area contributed by atoms with Crippen LogP contribution < -0.4 is 10.1 Å². The molecule has 2 heterocycles. The van der Waals surface area contributed by atoms with Gasteiger partial charge in [-0.1, -0.05) is 6.07 Å². The number of anilines is 1. The fourth-order valence-electron chi connectivity index (χ4n) is 3.68. The molecule has 1 unspecified atom stereocenters. The van der Waals surface area contributed by atoms with E-state index in [1.807, 2.05) is 0 Å². The van der Waals surface area contributed by atoms with Crippen LogP contribution in [-0.4, -0.2) is 53.3 Å². The Kier molecular flexibility index (Phi) is 7.65. The van der Waals surface area contributed by atoms with Crippen LogP contribution in [0.15, 0.2) is 30.5 Å². The first kappa shape index (κ1) is 27.4. The van der Waals surface area contributed by atoms with Crippen molar-refractivity contribution in [3.8, 4) is 5.75 Å². The normalized spacial score (nSPS) is 15.7. The number of nitrogens with one attached hydrogen (secondary N) is 1. The Balaban J connectivity index is 1.74. The van der Waals surface area contributed by atoms with E-state index in [0.717, 1.165) is 24.4 Å². The van der Waals surface area contributed by atoms with Crippen molar-refractivity contribution in [1.29, 1.82) is 0 Å². The summed E-state index contributed by atoms with van der Waals surface area (Å²) in [6.07, 6.45) is -12.3. The Morgan fingerprint density at radius 2 is 1.75 bits per heavy atom. The number of halogens is 9. The zero-order valence-corrected chi connectivity index (χ0v) is 18.6. The smallest absolute Gasteiger partial charge is 0.471 e. The van der Waals surface area contributed by atoms with Gasteiger partial charge in [0.05, 0.1) is 17.9 Å². The van der Waals surface area contributed by atoms with E-state index in [1.165, 1.54) is 6.07 Å². The van der Waals surface area contributed by atoms with Gasteiger partial charge in [-0.15, -0.1) is 0 Å². The van der Waals surface area contributed by atoms with Gasteiger partial charge in [0.15, 0.2) is 6.10 Å². The molecule has 0 fully saturated rings.